The van der Waals surface area contributed by atoms with Crippen molar-refractivity contribution in [1.82, 2.24) is 4.98 Å². The Labute approximate surface area is 116 Å². The molecule has 0 saturated carbocycles. The standard InChI is InChI=1S/C13H15ClN2OS/c1-7(15)11-5-4-10(6-12(11)14)18-13-16-8(2)9(3)17-13/h4-7H,15H2,1-3H3. The van der Waals surface area contributed by atoms with E-state index in [9.17, 15) is 0 Å². The second kappa shape index (κ2) is 5.34. The monoisotopic (exact) mass is 282 g/mol. The number of benzene rings is 1. The molecular formula is C13H15ClN2OS. The highest BCUT2D eigenvalue weighted by molar-refractivity contribution is 7.99. The van der Waals surface area contributed by atoms with Gasteiger partial charge in [-0.3, -0.25) is 0 Å². The molecule has 0 aliphatic heterocycles. The number of halogens is 1. The molecule has 0 fully saturated rings. The second-order valence-corrected chi connectivity index (χ2v) is 5.63. The molecule has 1 atom stereocenters. The van der Waals surface area contributed by atoms with Crippen LogP contribution < -0.4 is 5.73 Å². The summed E-state index contributed by atoms with van der Waals surface area (Å²) in [5, 5.41) is 1.31. The van der Waals surface area contributed by atoms with Gasteiger partial charge in [0.1, 0.15) is 5.76 Å². The van der Waals surface area contributed by atoms with Crippen LogP contribution in [0.25, 0.3) is 0 Å². The number of nitrogens with zero attached hydrogens (tertiary/aromatic N) is 1. The molecule has 96 valence electrons. The van der Waals surface area contributed by atoms with Crippen LogP contribution in [0, 0.1) is 13.8 Å². The third-order valence-electron chi connectivity index (χ3n) is 2.68. The van der Waals surface area contributed by atoms with Crippen molar-refractivity contribution in [3.8, 4) is 0 Å². The van der Waals surface area contributed by atoms with Crippen LogP contribution in [0.1, 0.15) is 30.0 Å². The van der Waals surface area contributed by atoms with Crippen molar-refractivity contribution in [2.75, 3.05) is 0 Å². The molecule has 0 saturated heterocycles. The van der Waals surface area contributed by atoms with Gasteiger partial charge in [0.2, 0.25) is 0 Å². The Kier molecular flexibility index (Phi) is 4.00. The minimum atomic E-state index is -0.0669. The highest BCUT2D eigenvalue weighted by Crippen LogP contribution is 2.32. The first-order chi connectivity index (χ1) is 8.47. The molecule has 1 unspecified atom stereocenters. The van der Waals surface area contributed by atoms with Crippen LogP contribution in [-0.2, 0) is 0 Å². The lowest BCUT2D eigenvalue weighted by atomic mass is 10.1. The fourth-order valence-electron chi connectivity index (χ4n) is 1.53. The van der Waals surface area contributed by atoms with Crippen molar-refractivity contribution in [1.29, 1.82) is 0 Å². The zero-order valence-electron chi connectivity index (χ0n) is 10.5. The van der Waals surface area contributed by atoms with E-state index in [1.807, 2.05) is 39.0 Å². The van der Waals surface area contributed by atoms with E-state index in [4.69, 9.17) is 21.8 Å². The van der Waals surface area contributed by atoms with Crippen LogP contribution >= 0.6 is 23.4 Å². The van der Waals surface area contributed by atoms with Crippen molar-refractivity contribution in [2.45, 2.75) is 36.9 Å². The van der Waals surface area contributed by atoms with Gasteiger partial charge in [0.25, 0.3) is 5.22 Å². The van der Waals surface area contributed by atoms with Crippen molar-refractivity contribution in [3.05, 3.63) is 40.2 Å². The molecule has 0 aliphatic carbocycles. The summed E-state index contributed by atoms with van der Waals surface area (Å²) in [5.41, 5.74) is 7.68. The molecule has 3 nitrogen and oxygen atoms in total. The minimum Gasteiger partial charge on any atom is -0.436 e. The molecule has 0 spiro atoms. The van der Waals surface area contributed by atoms with Gasteiger partial charge in [-0.1, -0.05) is 17.7 Å². The first kappa shape index (κ1) is 13.5. The minimum absolute atomic E-state index is 0.0669. The average molecular weight is 283 g/mol. The van der Waals surface area contributed by atoms with Gasteiger partial charge in [-0.2, -0.15) is 0 Å². The first-order valence-electron chi connectivity index (χ1n) is 5.64. The fourth-order valence-corrected chi connectivity index (χ4v) is 2.81. The molecule has 2 rings (SSSR count). The smallest absolute Gasteiger partial charge is 0.260 e. The summed E-state index contributed by atoms with van der Waals surface area (Å²) < 4.78 is 5.52. The summed E-state index contributed by atoms with van der Waals surface area (Å²) in [4.78, 5) is 5.31. The first-order valence-corrected chi connectivity index (χ1v) is 6.83. The van der Waals surface area contributed by atoms with Crippen molar-refractivity contribution in [2.24, 2.45) is 5.73 Å². The van der Waals surface area contributed by atoms with Crippen molar-refractivity contribution >= 4 is 23.4 Å². The average Bonchev–Trinajstić information content (AvgIpc) is 2.57. The Morgan fingerprint density at radius 1 is 1.39 bits per heavy atom. The summed E-state index contributed by atoms with van der Waals surface area (Å²) in [6.07, 6.45) is 0. The molecule has 5 heteroatoms. The van der Waals surface area contributed by atoms with E-state index >= 15 is 0 Å². The van der Waals surface area contributed by atoms with E-state index in [1.165, 1.54) is 11.8 Å². The van der Waals surface area contributed by atoms with Crippen LogP contribution in [-0.4, -0.2) is 4.98 Å². The van der Waals surface area contributed by atoms with E-state index in [-0.39, 0.29) is 6.04 Å². The molecule has 0 aliphatic rings. The predicted molar refractivity (Wildman–Crippen MR) is 74.2 cm³/mol. The third kappa shape index (κ3) is 2.88. The molecule has 0 bridgehead atoms. The van der Waals surface area contributed by atoms with E-state index in [2.05, 4.69) is 4.98 Å². The Bertz CT molecular complexity index is 547. The van der Waals surface area contributed by atoms with Crippen LogP contribution in [0.4, 0.5) is 0 Å². The number of rotatable bonds is 3. The number of oxazole rings is 1. The maximum absolute atomic E-state index is 6.18. The topological polar surface area (TPSA) is 52.0 Å². The highest BCUT2D eigenvalue weighted by atomic mass is 35.5. The highest BCUT2D eigenvalue weighted by Gasteiger charge is 2.10. The predicted octanol–water partition coefficient (Wildman–Crippen LogP) is 4.12. The van der Waals surface area contributed by atoms with Gasteiger partial charge < -0.3 is 10.2 Å². The van der Waals surface area contributed by atoms with Gasteiger partial charge in [0, 0.05) is 16.0 Å². The molecule has 1 aromatic heterocycles. The maximum atomic E-state index is 6.18. The maximum Gasteiger partial charge on any atom is 0.260 e. The van der Waals surface area contributed by atoms with E-state index in [0.717, 1.165) is 21.9 Å². The number of aryl methyl sites for hydroxylation is 2. The van der Waals surface area contributed by atoms with E-state index < -0.39 is 0 Å². The van der Waals surface area contributed by atoms with Crippen molar-refractivity contribution < 1.29 is 4.42 Å². The summed E-state index contributed by atoms with van der Waals surface area (Å²) in [5.74, 6) is 0.843. The molecule has 0 radical (unpaired) electrons. The lowest BCUT2D eigenvalue weighted by Crippen LogP contribution is -2.05. The third-order valence-corrected chi connectivity index (χ3v) is 3.84. The molecule has 2 N–H and O–H groups in total. The zero-order chi connectivity index (χ0) is 13.3. The van der Waals surface area contributed by atoms with Gasteiger partial charge in [0.05, 0.1) is 5.69 Å². The normalized spacial score (nSPS) is 12.7. The second-order valence-electron chi connectivity index (χ2n) is 4.20. The Morgan fingerprint density at radius 2 is 2.11 bits per heavy atom. The molecule has 2 aromatic rings. The summed E-state index contributed by atoms with van der Waals surface area (Å²) in [6, 6.07) is 5.74. The van der Waals surface area contributed by atoms with Gasteiger partial charge >= 0.3 is 0 Å². The zero-order valence-corrected chi connectivity index (χ0v) is 12.1. The Hall–Kier alpha value is -0.970. The summed E-state index contributed by atoms with van der Waals surface area (Å²) >= 11 is 7.64. The number of nitrogens with two attached hydrogens (primary N) is 1. The van der Waals surface area contributed by atoms with E-state index in [1.54, 1.807) is 0 Å². The number of hydrogen-bond acceptors (Lipinski definition) is 4. The molecule has 1 heterocycles. The van der Waals surface area contributed by atoms with Crippen LogP contribution in [0.2, 0.25) is 5.02 Å². The van der Waals surface area contributed by atoms with Crippen molar-refractivity contribution in [3.63, 3.8) is 0 Å². The van der Waals surface area contributed by atoms with Crippen LogP contribution in [0.3, 0.4) is 0 Å². The summed E-state index contributed by atoms with van der Waals surface area (Å²) in [6.45, 7) is 5.74. The van der Waals surface area contributed by atoms with Gasteiger partial charge in [-0.15, -0.1) is 0 Å². The lowest BCUT2D eigenvalue weighted by Gasteiger charge is -2.08. The largest absolute Gasteiger partial charge is 0.436 e. The van der Waals surface area contributed by atoms with Gasteiger partial charge in [0.15, 0.2) is 0 Å². The van der Waals surface area contributed by atoms with Crippen LogP contribution in [0.15, 0.2) is 32.7 Å². The molecule has 18 heavy (non-hydrogen) atoms. The Balaban J connectivity index is 2.22. The van der Waals surface area contributed by atoms with Gasteiger partial charge in [-0.25, -0.2) is 4.98 Å². The lowest BCUT2D eigenvalue weighted by molar-refractivity contribution is 0.431. The molecular weight excluding hydrogens is 268 g/mol. The fraction of sp³-hybridized carbons (Fsp3) is 0.308. The van der Waals surface area contributed by atoms with Crippen LogP contribution in [0.5, 0.6) is 0 Å². The Morgan fingerprint density at radius 3 is 2.61 bits per heavy atom. The number of hydrogen-bond donors (Lipinski definition) is 1. The summed E-state index contributed by atoms with van der Waals surface area (Å²) in [7, 11) is 0. The SMILES string of the molecule is Cc1nc(Sc2ccc(C(C)N)c(Cl)c2)oc1C. The van der Waals surface area contributed by atoms with Gasteiger partial charge in [-0.05, 0) is 50.2 Å². The quantitative estimate of drug-likeness (QED) is 0.920. The molecule has 1 aromatic carbocycles. The molecule has 0 amide bonds. The number of aromatic nitrogens is 1. The van der Waals surface area contributed by atoms with E-state index in [0.29, 0.717) is 10.2 Å².